The molecule has 0 heterocycles. The smallest absolute Gasteiger partial charge is 0.248 e. The molecule has 0 aromatic heterocycles. The first-order valence-electron chi connectivity index (χ1n) is 4.64. The molecule has 0 aromatic rings. The summed E-state index contributed by atoms with van der Waals surface area (Å²) in [4.78, 5) is 10.6. The van der Waals surface area contributed by atoms with Gasteiger partial charge in [0.05, 0.1) is 12.3 Å². The molecule has 5 N–H and O–H groups in total. The zero-order chi connectivity index (χ0) is 11.8. The first-order chi connectivity index (χ1) is 6.99. The van der Waals surface area contributed by atoms with Gasteiger partial charge in [0.15, 0.2) is 0 Å². The van der Waals surface area contributed by atoms with E-state index in [4.69, 9.17) is 11.6 Å². The van der Waals surface area contributed by atoms with Crippen molar-refractivity contribution >= 4 is 11.6 Å². The van der Waals surface area contributed by atoms with Gasteiger partial charge in [0.2, 0.25) is 5.91 Å². The molecule has 0 fully saturated rings. The van der Waals surface area contributed by atoms with Crippen molar-refractivity contribution in [1.82, 2.24) is 5.32 Å². The fourth-order valence-corrected chi connectivity index (χ4v) is 0.804. The van der Waals surface area contributed by atoms with E-state index in [9.17, 15) is 4.79 Å². The zero-order valence-electron chi connectivity index (χ0n) is 9.16. The first-order valence-corrected chi connectivity index (χ1v) is 4.64. The Morgan fingerprint density at radius 1 is 1.60 bits per heavy atom. The molecule has 84 valence electrons. The van der Waals surface area contributed by atoms with Gasteiger partial charge >= 0.3 is 0 Å². The maximum atomic E-state index is 10.6. The van der Waals surface area contributed by atoms with Gasteiger partial charge in [-0.15, -0.1) is 0 Å². The van der Waals surface area contributed by atoms with E-state index in [1.165, 1.54) is 6.08 Å². The Morgan fingerprint density at radius 2 is 2.20 bits per heavy atom. The molecule has 5 heteroatoms. The molecule has 0 bridgehead atoms. The number of carbonyl (C=O) groups excluding carboxylic acids is 1. The predicted molar refractivity (Wildman–Crippen MR) is 61.9 cm³/mol. The second-order valence-corrected chi connectivity index (χ2v) is 3.38. The van der Waals surface area contributed by atoms with Gasteiger partial charge in [-0.05, 0) is 18.2 Å². The van der Waals surface area contributed by atoms with E-state index in [1.807, 2.05) is 13.8 Å². The molecule has 5 nitrogen and oxygen atoms in total. The highest BCUT2D eigenvalue weighted by molar-refractivity contribution is 5.94. The SMILES string of the molecule is C=C(/C=C\NC/C(=N/N)C(C)C)C(N)=O. The molecule has 0 aromatic carbocycles. The molecule has 0 aliphatic rings. The van der Waals surface area contributed by atoms with Crippen molar-refractivity contribution in [1.29, 1.82) is 0 Å². The van der Waals surface area contributed by atoms with E-state index in [1.54, 1.807) is 6.20 Å². The van der Waals surface area contributed by atoms with Crippen LogP contribution in [-0.2, 0) is 4.79 Å². The van der Waals surface area contributed by atoms with Gasteiger partial charge in [-0.3, -0.25) is 4.79 Å². The molecule has 0 unspecified atom stereocenters. The van der Waals surface area contributed by atoms with Crippen LogP contribution in [0.2, 0.25) is 0 Å². The molecule has 15 heavy (non-hydrogen) atoms. The molecule has 0 aliphatic heterocycles. The number of nitrogens with two attached hydrogens (primary N) is 2. The van der Waals surface area contributed by atoms with Crippen LogP contribution in [0, 0.1) is 5.92 Å². The van der Waals surface area contributed by atoms with Crippen molar-refractivity contribution < 1.29 is 4.79 Å². The minimum Gasteiger partial charge on any atom is -0.385 e. The molecule has 0 atom stereocenters. The number of primary amides is 1. The molecule has 0 radical (unpaired) electrons. The van der Waals surface area contributed by atoms with Crippen LogP contribution in [0.3, 0.4) is 0 Å². The van der Waals surface area contributed by atoms with Crippen molar-refractivity contribution in [2.24, 2.45) is 22.6 Å². The lowest BCUT2D eigenvalue weighted by Crippen LogP contribution is -2.24. The van der Waals surface area contributed by atoms with Crippen LogP contribution in [0.4, 0.5) is 0 Å². The van der Waals surface area contributed by atoms with E-state index in [0.29, 0.717) is 6.54 Å². The van der Waals surface area contributed by atoms with Gasteiger partial charge < -0.3 is 16.9 Å². The number of hydrogen-bond acceptors (Lipinski definition) is 4. The Labute approximate surface area is 89.9 Å². The predicted octanol–water partition coefficient (Wildman–Crippen LogP) is 0.102. The van der Waals surface area contributed by atoms with E-state index in [-0.39, 0.29) is 11.5 Å². The van der Waals surface area contributed by atoms with Gasteiger partial charge in [-0.25, -0.2) is 0 Å². The zero-order valence-corrected chi connectivity index (χ0v) is 9.16. The van der Waals surface area contributed by atoms with Crippen LogP contribution in [0.15, 0.2) is 29.5 Å². The largest absolute Gasteiger partial charge is 0.385 e. The number of nitrogens with zero attached hydrogens (tertiary/aromatic N) is 1. The summed E-state index contributed by atoms with van der Waals surface area (Å²) in [6.07, 6.45) is 3.11. The highest BCUT2D eigenvalue weighted by Gasteiger charge is 2.02. The highest BCUT2D eigenvalue weighted by Crippen LogP contribution is 1.95. The van der Waals surface area contributed by atoms with Gasteiger partial charge in [0.25, 0.3) is 0 Å². The van der Waals surface area contributed by atoms with E-state index < -0.39 is 5.91 Å². The number of rotatable bonds is 6. The first kappa shape index (κ1) is 13.2. The third kappa shape index (κ3) is 5.51. The standard InChI is InChI=1S/C10H18N4O/c1-7(2)9(14-12)6-13-5-4-8(3)10(11)15/h4-5,7,13H,3,6,12H2,1-2H3,(H2,11,15)/b5-4-,14-9-. The monoisotopic (exact) mass is 210 g/mol. The highest BCUT2D eigenvalue weighted by atomic mass is 16.1. The fourth-order valence-electron chi connectivity index (χ4n) is 0.804. The molecule has 0 aliphatic carbocycles. The van der Waals surface area contributed by atoms with Crippen LogP contribution in [0.1, 0.15) is 13.8 Å². The number of hydrogen-bond donors (Lipinski definition) is 3. The Morgan fingerprint density at radius 3 is 2.60 bits per heavy atom. The lowest BCUT2D eigenvalue weighted by atomic mass is 10.1. The Kier molecular flexibility index (Phi) is 5.85. The van der Waals surface area contributed by atoms with Crippen LogP contribution in [0.25, 0.3) is 0 Å². The number of amides is 1. The third-order valence-corrected chi connectivity index (χ3v) is 1.83. The lowest BCUT2D eigenvalue weighted by Gasteiger charge is -2.07. The topological polar surface area (TPSA) is 93.5 Å². The van der Waals surface area contributed by atoms with Crippen LogP contribution < -0.4 is 16.9 Å². The summed E-state index contributed by atoms with van der Waals surface area (Å²) in [6, 6.07) is 0. The summed E-state index contributed by atoms with van der Waals surface area (Å²) < 4.78 is 0. The lowest BCUT2D eigenvalue weighted by molar-refractivity contribution is -0.114. The number of hydrazone groups is 1. The Balaban J connectivity index is 3.99. The van der Waals surface area contributed by atoms with Gasteiger partial charge in [0, 0.05) is 5.57 Å². The van der Waals surface area contributed by atoms with Gasteiger partial charge in [-0.1, -0.05) is 20.4 Å². The second kappa shape index (κ2) is 6.64. The summed E-state index contributed by atoms with van der Waals surface area (Å²) in [5.74, 6) is 4.95. The van der Waals surface area contributed by atoms with Crippen molar-refractivity contribution in [3.05, 3.63) is 24.4 Å². The van der Waals surface area contributed by atoms with Crippen LogP contribution >= 0.6 is 0 Å². The van der Waals surface area contributed by atoms with Crippen LogP contribution in [0.5, 0.6) is 0 Å². The molecular weight excluding hydrogens is 192 g/mol. The molecule has 1 amide bonds. The normalized spacial score (nSPS) is 12.1. The molecule has 0 rings (SSSR count). The average Bonchev–Trinajstić information content (AvgIpc) is 2.16. The summed E-state index contributed by atoms with van der Waals surface area (Å²) >= 11 is 0. The summed E-state index contributed by atoms with van der Waals surface area (Å²) in [5, 5.41) is 6.59. The van der Waals surface area contributed by atoms with Crippen molar-refractivity contribution in [3.63, 3.8) is 0 Å². The minimum atomic E-state index is -0.537. The molecule has 0 saturated carbocycles. The minimum absolute atomic E-state index is 0.248. The maximum absolute atomic E-state index is 10.6. The summed E-state index contributed by atoms with van der Waals surface area (Å²) in [5.41, 5.74) is 6.09. The second-order valence-electron chi connectivity index (χ2n) is 3.38. The Bertz CT molecular complexity index is 292. The maximum Gasteiger partial charge on any atom is 0.248 e. The summed E-state index contributed by atoms with van der Waals surface area (Å²) in [7, 11) is 0. The average molecular weight is 210 g/mol. The van der Waals surface area contributed by atoms with Crippen molar-refractivity contribution in [3.8, 4) is 0 Å². The number of carbonyl (C=O) groups is 1. The van der Waals surface area contributed by atoms with E-state index >= 15 is 0 Å². The van der Waals surface area contributed by atoms with Gasteiger partial charge in [-0.2, -0.15) is 5.10 Å². The number of nitrogens with one attached hydrogen (secondary N) is 1. The van der Waals surface area contributed by atoms with Crippen molar-refractivity contribution in [2.75, 3.05) is 6.54 Å². The molecule has 0 saturated heterocycles. The van der Waals surface area contributed by atoms with E-state index in [2.05, 4.69) is 17.0 Å². The van der Waals surface area contributed by atoms with Crippen molar-refractivity contribution in [2.45, 2.75) is 13.8 Å². The molecular formula is C10H18N4O. The van der Waals surface area contributed by atoms with Gasteiger partial charge in [0.1, 0.15) is 0 Å². The third-order valence-electron chi connectivity index (χ3n) is 1.83. The Hall–Kier alpha value is -1.78. The van der Waals surface area contributed by atoms with E-state index in [0.717, 1.165) is 5.71 Å². The quantitative estimate of drug-likeness (QED) is 0.191. The fraction of sp³-hybridized carbons (Fsp3) is 0.400. The molecule has 0 spiro atoms. The summed E-state index contributed by atoms with van der Waals surface area (Å²) in [6.45, 7) is 8.01. The van der Waals surface area contributed by atoms with Crippen LogP contribution in [-0.4, -0.2) is 18.2 Å².